The number of aromatic nitrogens is 1. The number of pyridine rings is 1. The summed E-state index contributed by atoms with van der Waals surface area (Å²) in [7, 11) is 0. The minimum absolute atomic E-state index is 0.0516. The lowest BCUT2D eigenvalue weighted by Crippen LogP contribution is -2.34. The maximum Gasteiger partial charge on any atom is 0.420 e. The predicted molar refractivity (Wildman–Crippen MR) is 104 cm³/mol. The summed E-state index contributed by atoms with van der Waals surface area (Å²) < 4.78 is 5.57. The van der Waals surface area contributed by atoms with E-state index in [0.717, 1.165) is 31.4 Å². The molecule has 0 radical (unpaired) electrons. The zero-order valence-electron chi connectivity index (χ0n) is 16.0. The van der Waals surface area contributed by atoms with Crippen molar-refractivity contribution in [2.24, 2.45) is 0 Å². The number of para-hydroxylation sites is 1. The lowest BCUT2D eigenvalue weighted by molar-refractivity contribution is -0.118. The fraction of sp³-hybridized carbons (Fsp3) is 0.381. The third-order valence-corrected chi connectivity index (χ3v) is 4.40. The van der Waals surface area contributed by atoms with E-state index >= 15 is 0 Å². The van der Waals surface area contributed by atoms with Gasteiger partial charge in [0, 0.05) is 12.7 Å². The fourth-order valence-corrected chi connectivity index (χ4v) is 3.22. The highest BCUT2D eigenvalue weighted by atomic mass is 16.6. The minimum Gasteiger partial charge on any atom is -0.443 e. The Morgan fingerprint density at radius 3 is 2.56 bits per heavy atom. The van der Waals surface area contributed by atoms with E-state index in [4.69, 9.17) is 4.74 Å². The molecule has 0 N–H and O–H groups in total. The van der Waals surface area contributed by atoms with E-state index in [-0.39, 0.29) is 6.04 Å². The Balaban J connectivity index is 1.90. The molecule has 2 aromatic rings. The van der Waals surface area contributed by atoms with Gasteiger partial charge < -0.3 is 9.64 Å². The van der Waals surface area contributed by atoms with Crippen LogP contribution in [0.5, 0.6) is 0 Å². The number of nitrogens with zero attached hydrogens (tertiary/aromatic N) is 3. The van der Waals surface area contributed by atoms with Crippen LogP contribution in [0.4, 0.5) is 16.3 Å². The monoisotopic (exact) mass is 367 g/mol. The number of hydrogen-bond acceptors (Lipinski definition) is 4. The van der Waals surface area contributed by atoms with Gasteiger partial charge in [0.2, 0.25) is 6.41 Å². The summed E-state index contributed by atoms with van der Waals surface area (Å²) in [6.45, 7) is 6.26. The summed E-state index contributed by atoms with van der Waals surface area (Å²) in [6.07, 6.45) is 4.06. The van der Waals surface area contributed by atoms with E-state index in [9.17, 15) is 9.59 Å². The number of benzene rings is 1. The molecule has 1 aromatic heterocycles. The Labute approximate surface area is 159 Å². The van der Waals surface area contributed by atoms with Crippen molar-refractivity contribution in [3.05, 3.63) is 54.2 Å². The van der Waals surface area contributed by atoms with Crippen LogP contribution in [0.3, 0.4) is 0 Å². The first-order valence-electron chi connectivity index (χ1n) is 9.14. The molecule has 0 bridgehead atoms. The predicted octanol–water partition coefficient (Wildman–Crippen LogP) is 4.45. The summed E-state index contributed by atoms with van der Waals surface area (Å²) >= 11 is 0. The van der Waals surface area contributed by atoms with Crippen LogP contribution in [0.25, 0.3) is 0 Å². The van der Waals surface area contributed by atoms with Crippen LogP contribution < -0.4 is 4.90 Å². The van der Waals surface area contributed by atoms with E-state index in [0.29, 0.717) is 11.5 Å². The normalized spacial score (nSPS) is 16.9. The van der Waals surface area contributed by atoms with Gasteiger partial charge in [-0.05, 0) is 57.4 Å². The topological polar surface area (TPSA) is 62.7 Å². The highest BCUT2D eigenvalue weighted by molar-refractivity contribution is 5.95. The molecule has 6 nitrogen and oxygen atoms in total. The second kappa shape index (κ2) is 7.78. The summed E-state index contributed by atoms with van der Waals surface area (Å²) in [5.41, 5.74) is 1.04. The maximum atomic E-state index is 12.8. The molecule has 1 fully saturated rings. The van der Waals surface area contributed by atoms with Crippen LogP contribution in [0, 0.1) is 0 Å². The summed E-state index contributed by atoms with van der Waals surface area (Å²) in [6, 6.07) is 13.1. The van der Waals surface area contributed by atoms with Crippen molar-refractivity contribution in [3.8, 4) is 0 Å². The van der Waals surface area contributed by atoms with Gasteiger partial charge in [-0.15, -0.1) is 0 Å². The van der Waals surface area contributed by atoms with Crippen LogP contribution >= 0.6 is 0 Å². The molecule has 6 heteroatoms. The average molecular weight is 367 g/mol. The molecule has 0 spiro atoms. The Bertz CT molecular complexity index is 785. The van der Waals surface area contributed by atoms with Gasteiger partial charge in [0.1, 0.15) is 11.4 Å². The summed E-state index contributed by atoms with van der Waals surface area (Å²) in [4.78, 5) is 31.8. The van der Waals surface area contributed by atoms with Gasteiger partial charge in [-0.1, -0.05) is 24.3 Å². The third-order valence-electron chi connectivity index (χ3n) is 4.40. The first-order chi connectivity index (χ1) is 12.9. The number of likely N-dealkylation sites (tertiary alicyclic amines) is 1. The van der Waals surface area contributed by atoms with Crippen LogP contribution in [-0.2, 0) is 9.53 Å². The number of amides is 2. The van der Waals surface area contributed by atoms with E-state index in [2.05, 4.69) is 4.98 Å². The summed E-state index contributed by atoms with van der Waals surface area (Å²) in [5.74, 6) is 0.481. The summed E-state index contributed by atoms with van der Waals surface area (Å²) in [5, 5.41) is 0. The maximum absolute atomic E-state index is 12.8. The molecule has 0 saturated carbocycles. The molecule has 1 atom stereocenters. The average Bonchev–Trinajstić information content (AvgIpc) is 3.11. The van der Waals surface area contributed by atoms with Crippen molar-refractivity contribution in [2.45, 2.75) is 45.3 Å². The number of ether oxygens (including phenoxy) is 1. The molecule has 2 heterocycles. The standard InChI is InChI=1S/C21H25N3O3/c1-21(2,3)27-20(26)24(17-8-5-4-6-9-17)19-12-11-16(14-22-19)18-10-7-13-23(18)15-25/h4-6,8-9,11-12,14-15,18H,7,10,13H2,1-3H3/t18-/m1/s1. The zero-order chi connectivity index (χ0) is 19.4. The van der Waals surface area contributed by atoms with Crippen molar-refractivity contribution in [1.82, 2.24) is 9.88 Å². The van der Waals surface area contributed by atoms with Crippen LogP contribution in [-0.4, -0.2) is 34.5 Å². The minimum atomic E-state index is -0.613. The fourth-order valence-electron chi connectivity index (χ4n) is 3.22. The van der Waals surface area contributed by atoms with E-state index in [1.807, 2.05) is 57.2 Å². The molecular formula is C21H25N3O3. The van der Waals surface area contributed by atoms with Gasteiger partial charge in [0.25, 0.3) is 0 Å². The van der Waals surface area contributed by atoms with E-state index < -0.39 is 11.7 Å². The molecule has 1 aliphatic rings. The second-order valence-electron chi connectivity index (χ2n) is 7.60. The highest BCUT2D eigenvalue weighted by Crippen LogP contribution is 2.32. The van der Waals surface area contributed by atoms with Gasteiger partial charge in [-0.25, -0.2) is 14.7 Å². The number of anilines is 2. The van der Waals surface area contributed by atoms with Crippen LogP contribution in [0.1, 0.15) is 45.2 Å². The first-order valence-corrected chi connectivity index (χ1v) is 9.14. The quantitative estimate of drug-likeness (QED) is 0.749. The SMILES string of the molecule is CC(C)(C)OC(=O)N(c1ccccc1)c1ccc([C@H]2CCCN2C=O)cn1. The second-order valence-corrected chi connectivity index (χ2v) is 7.60. The molecule has 3 rings (SSSR count). The number of carbonyl (C=O) groups excluding carboxylic acids is 2. The Kier molecular flexibility index (Phi) is 5.44. The Morgan fingerprint density at radius 1 is 1.22 bits per heavy atom. The molecular weight excluding hydrogens is 342 g/mol. The molecule has 0 aliphatic carbocycles. The Morgan fingerprint density at radius 2 is 1.96 bits per heavy atom. The van der Waals surface area contributed by atoms with Crippen molar-refractivity contribution in [3.63, 3.8) is 0 Å². The first kappa shape index (κ1) is 18.9. The van der Waals surface area contributed by atoms with E-state index in [1.54, 1.807) is 17.2 Å². The van der Waals surface area contributed by atoms with Gasteiger partial charge in [-0.3, -0.25) is 4.79 Å². The lowest BCUT2D eigenvalue weighted by Gasteiger charge is -2.27. The number of hydrogen-bond donors (Lipinski definition) is 0. The van der Waals surface area contributed by atoms with Gasteiger partial charge >= 0.3 is 6.09 Å². The van der Waals surface area contributed by atoms with Crippen LogP contribution in [0.15, 0.2) is 48.7 Å². The van der Waals surface area contributed by atoms with Crippen molar-refractivity contribution < 1.29 is 14.3 Å². The van der Waals surface area contributed by atoms with E-state index in [1.165, 1.54) is 4.90 Å². The van der Waals surface area contributed by atoms with Gasteiger partial charge in [0.05, 0.1) is 11.7 Å². The lowest BCUT2D eigenvalue weighted by atomic mass is 10.1. The van der Waals surface area contributed by atoms with Gasteiger partial charge in [0.15, 0.2) is 0 Å². The molecule has 1 saturated heterocycles. The number of rotatable bonds is 4. The van der Waals surface area contributed by atoms with Crippen LogP contribution in [0.2, 0.25) is 0 Å². The smallest absolute Gasteiger partial charge is 0.420 e. The zero-order valence-corrected chi connectivity index (χ0v) is 16.0. The highest BCUT2D eigenvalue weighted by Gasteiger charge is 2.28. The molecule has 2 amide bonds. The van der Waals surface area contributed by atoms with Crippen molar-refractivity contribution >= 4 is 24.0 Å². The number of carbonyl (C=O) groups is 2. The third kappa shape index (κ3) is 4.45. The van der Waals surface area contributed by atoms with Crippen molar-refractivity contribution in [2.75, 3.05) is 11.4 Å². The molecule has 0 unspecified atom stereocenters. The molecule has 27 heavy (non-hydrogen) atoms. The van der Waals surface area contributed by atoms with Gasteiger partial charge in [-0.2, -0.15) is 0 Å². The largest absolute Gasteiger partial charge is 0.443 e. The van der Waals surface area contributed by atoms with Crippen molar-refractivity contribution in [1.29, 1.82) is 0 Å². The molecule has 1 aromatic carbocycles. The molecule has 142 valence electrons. The molecule has 1 aliphatic heterocycles. The Hall–Kier alpha value is -2.89.